The molecule has 2 aromatic carbocycles. The number of amides is 1. The van der Waals surface area contributed by atoms with Crippen molar-refractivity contribution < 1.29 is 9.53 Å². The Morgan fingerprint density at radius 2 is 1.96 bits per heavy atom. The van der Waals surface area contributed by atoms with E-state index in [1.165, 1.54) is 19.2 Å². The molecule has 126 valence electrons. The van der Waals surface area contributed by atoms with Crippen LogP contribution in [-0.4, -0.2) is 18.1 Å². The standard InChI is InChI=1S/C16H13BrCl2N2O2S/c1-8-5-9(17)3-4-13(8)20-16(24)21-15(22)11-6-10(18)7-12(19)14(11)23-2/h3-7H,1-2H3,(H2,20,21,22,24). The molecule has 0 aliphatic heterocycles. The van der Waals surface area contributed by atoms with Crippen molar-refractivity contribution in [1.29, 1.82) is 0 Å². The second kappa shape index (κ2) is 8.16. The molecular formula is C16H13BrCl2N2O2S. The fourth-order valence-corrected chi connectivity index (χ4v) is 3.28. The molecule has 0 saturated heterocycles. The summed E-state index contributed by atoms with van der Waals surface area (Å²) in [4.78, 5) is 12.4. The molecule has 0 radical (unpaired) electrons. The Morgan fingerprint density at radius 3 is 2.58 bits per heavy atom. The average Bonchev–Trinajstić information content (AvgIpc) is 2.49. The van der Waals surface area contributed by atoms with E-state index in [9.17, 15) is 4.79 Å². The van der Waals surface area contributed by atoms with Crippen LogP contribution >= 0.6 is 51.3 Å². The molecule has 0 aliphatic rings. The monoisotopic (exact) mass is 446 g/mol. The molecule has 0 aliphatic carbocycles. The van der Waals surface area contributed by atoms with Gasteiger partial charge in [0.15, 0.2) is 5.11 Å². The molecule has 0 heterocycles. The van der Waals surface area contributed by atoms with E-state index in [0.29, 0.717) is 5.02 Å². The lowest BCUT2D eigenvalue weighted by atomic mass is 10.2. The highest BCUT2D eigenvalue weighted by Crippen LogP contribution is 2.32. The summed E-state index contributed by atoms with van der Waals surface area (Å²) < 4.78 is 6.12. The fourth-order valence-electron chi connectivity index (χ4n) is 2.03. The second-order valence-electron chi connectivity index (χ2n) is 4.84. The van der Waals surface area contributed by atoms with Gasteiger partial charge in [-0.3, -0.25) is 10.1 Å². The van der Waals surface area contributed by atoms with Crippen LogP contribution < -0.4 is 15.4 Å². The van der Waals surface area contributed by atoms with E-state index in [1.54, 1.807) is 0 Å². The molecule has 1 amide bonds. The maximum Gasteiger partial charge on any atom is 0.261 e. The topological polar surface area (TPSA) is 50.4 Å². The van der Waals surface area contributed by atoms with Gasteiger partial charge in [0.25, 0.3) is 5.91 Å². The first-order chi connectivity index (χ1) is 11.3. The van der Waals surface area contributed by atoms with Crippen LogP contribution in [-0.2, 0) is 0 Å². The number of halogens is 3. The Balaban J connectivity index is 2.16. The van der Waals surface area contributed by atoms with Crippen LogP contribution in [0.15, 0.2) is 34.8 Å². The summed E-state index contributed by atoms with van der Waals surface area (Å²) >= 11 is 20.6. The minimum atomic E-state index is -0.469. The third-order valence-electron chi connectivity index (χ3n) is 3.12. The SMILES string of the molecule is COc1c(Cl)cc(Cl)cc1C(=O)NC(=S)Nc1ccc(Br)cc1C. The van der Waals surface area contributed by atoms with E-state index in [4.69, 9.17) is 40.2 Å². The van der Waals surface area contributed by atoms with Crippen molar-refractivity contribution in [1.82, 2.24) is 5.32 Å². The first-order valence-electron chi connectivity index (χ1n) is 6.73. The summed E-state index contributed by atoms with van der Waals surface area (Å²) in [7, 11) is 1.42. The normalized spacial score (nSPS) is 10.2. The Bertz CT molecular complexity index is 815. The van der Waals surface area contributed by atoms with Gasteiger partial charge in [0, 0.05) is 15.2 Å². The average molecular weight is 448 g/mol. The van der Waals surface area contributed by atoms with Crippen molar-refractivity contribution in [2.45, 2.75) is 6.92 Å². The Kier molecular flexibility index (Phi) is 6.46. The van der Waals surface area contributed by atoms with Crippen molar-refractivity contribution in [3.63, 3.8) is 0 Å². The van der Waals surface area contributed by atoms with Crippen molar-refractivity contribution >= 4 is 68.1 Å². The second-order valence-corrected chi connectivity index (χ2v) is 7.00. The molecule has 2 aromatic rings. The number of hydrogen-bond donors (Lipinski definition) is 2. The summed E-state index contributed by atoms with van der Waals surface area (Å²) in [5.74, 6) is -0.232. The quantitative estimate of drug-likeness (QED) is 0.635. The molecule has 0 aromatic heterocycles. The molecule has 0 fully saturated rings. The van der Waals surface area contributed by atoms with Crippen LogP contribution in [0, 0.1) is 6.92 Å². The van der Waals surface area contributed by atoms with Crippen LogP contribution in [0.3, 0.4) is 0 Å². The largest absolute Gasteiger partial charge is 0.494 e. The highest BCUT2D eigenvalue weighted by atomic mass is 79.9. The van der Waals surface area contributed by atoms with Gasteiger partial charge in [0.1, 0.15) is 5.75 Å². The van der Waals surface area contributed by atoms with Crippen molar-refractivity contribution in [2.24, 2.45) is 0 Å². The maximum atomic E-state index is 12.4. The predicted molar refractivity (Wildman–Crippen MR) is 106 cm³/mol. The number of thiocarbonyl (C=S) groups is 1. The van der Waals surface area contributed by atoms with Gasteiger partial charge in [-0.1, -0.05) is 39.1 Å². The fraction of sp³-hybridized carbons (Fsp3) is 0.125. The molecule has 0 unspecified atom stereocenters. The minimum absolute atomic E-state index is 0.156. The molecule has 24 heavy (non-hydrogen) atoms. The lowest BCUT2D eigenvalue weighted by Crippen LogP contribution is -2.34. The Labute approximate surface area is 163 Å². The van der Waals surface area contributed by atoms with E-state index in [-0.39, 0.29) is 21.4 Å². The molecule has 2 rings (SSSR count). The lowest BCUT2D eigenvalue weighted by Gasteiger charge is -2.14. The number of benzene rings is 2. The number of anilines is 1. The van der Waals surface area contributed by atoms with Gasteiger partial charge in [-0.2, -0.15) is 0 Å². The number of aryl methyl sites for hydroxylation is 1. The zero-order valence-corrected chi connectivity index (χ0v) is 16.7. The van der Waals surface area contributed by atoms with Gasteiger partial charge in [0.05, 0.1) is 17.7 Å². The van der Waals surface area contributed by atoms with Crippen molar-refractivity contribution in [2.75, 3.05) is 12.4 Å². The van der Waals surface area contributed by atoms with Gasteiger partial charge in [-0.05, 0) is 55.0 Å². The van der Waals surface area contributed by atoms with Crippen molar-refractivity contribution in [3.8, 4) is 5.75 Å². The van der Waals surface area contributed by atoms with E-state index >= 15 is 0 Å². The molecule has 2 N–H and O–H groups in total. The van der Waals surface area contributed by atoms with E-state index in [1.807, 2.05) is 25.1 Å². The molecule has 0 spiro atoms. The number of carbonyl (C=O) groups is 1. The van der Waals surface area contributed by atoms with E-state index < -0.39 is 5.91 Å². The van der Waals surface area contributed by atoms with Crippen LogP contribution in [0.25, 0.3) is 0 Å². The van der Waals surface area contributed by atoms with Crippen LogP contribution in [0.2, 0.25) is 10.0 Å². The van der Waals surface area contributed by atoms with E-state index in [0.717, 1.165) is 15.7 Å². The number of carbonyl (C=O) groups excluding carboxylic acids is 1. The summed E-state index contributed by atoms with van der Waals surface area (Å²) in [5, 5.41) is 6.30. The number of ether oxygens (including phenoxy) is 1. The zero-order valence-electron chi connectivity index (χ0n) is 12.7. The highest BCUT2D eigenvalue weighted by Gasteiger charge is 2.18. The summed E-state index contributed by atoms with van der Waals surface area (Å²) in [6.45, 7) is 1.93. The first-order valence-corrected chi connectivity index (χ1v) is 8.69. The van der Waals surface area contributed by atoms with Crippen molar-refractivity contribution in [3.05, 3.63) is 56.0 Å². The number of rotatable bonds is 3. The third-order valence-corrected chi connectivity index (χ3v) is 4.32. The first kappa shape index (κ1) is 19.0. The molecule has 0 atom stereocenters. The van der Waals surface area contributed by atoms with E-state index in [2.05, 4.69) is 26.6 Å². The molecule has 4 nitrogen and oxygen atoms in total. The summed E-state index contributed by atoms with van der Waals surface area (Å²) in [5.41, 5.74) is 1.97. The smallest absolute Gasteiger partial charge is 0.261 e. The van der Waals surface area contributed by atoms with Gasteiger partial charge in [-0.15, -0.1) is 0 Å². The molecular weight excluding hydrogens is 435 g/mol. The Morgan fingerprint density at radius 1 is 1.25 bits per heavy atom. The van der Waals surface area contributed by atoms with Crippen LogP contribution in [0.1, 0.15) is 15.9 Å². The third kappa shape index (κ3) is 4.60. The van der Waals surface area contributed by atoms with Gasteiger partial charge in [0.2, 0.25) is 0 Å². The number of nitrogens with one attached hydrogen (secondary N) is 2. The van der Waals surface area contributed by atoms with Gasteiger partial charge >= 0.3 is 0 Å². The zero-order chi connectivity index (χ0) is 17.9. The highest BCUT2D eigenvalue weighted by molar-refractivity contribution is 9.10. The van der Waals surface area contributed by atoms with Gasteiger partial charge in [-0.25, -0.2) is 0 Å². The van der Waals surface area contributed by atoms with Crippen LogP contribution in [0.4, 0.5) is 5.69 Å². The lowest BCUT2D eigenvalue weighted by molar-refractivity contribution is 0.0975. The minimum Gasteiger partial charge on any atom is -0.494 e. The number of hydrogen-bond acceptors (Lipinski definition) is 3. The van der Waals surface area contributed by atoms with Crippen LogP contribution in [0.5, 0.6) is 5.75 Å². The Hall–Kier alpha value is -1.34. The maximum absolute atomic E-state index is 12.4. The predicted octanol–water partition coefficient (Wildman–Crippen LogP) is 5.20. The number of methoxy groups -OCH3 is 1. The molecule has 8 heteroatoms. The summed E-state index contributed by atoms with van der Waals surface area (Å²) in [6.07, 6.45) is 0. The molecule has 0 saturated carbocycles. The summed E-state index contributed by atoms with van der Waals surface area (Å²) in [6, 6.07) is 8.64. The molecule has 0 bridgehead atoms. The van der Waals surface area contributed by atoms with Gasteiger partial charge < -0.3 is 10.1 Å².